The van der Waals surface area contributed by atoms with Gasteiger partial charge in [-0.2, -0.15) is 12.6 Å². The maximum absolute atomic E-state index is 10.8. The van der Waals surface area contributed by atoms with E-state index in [0.717, 1.165) is 0 Å². The zero-order chi connectivity index (χ0) is 9.72. The van der Waals surface area contributed by atoms with Crippen molar-refractivity contribution in [1.82, 2.24) is 0 Å². The van der Waals surface area contributed by atoms with E-state index in [4.69, 9.17) is 10.8 Å². The number of hydrogen-bond donors (Lipinski definition) is 3. The van der Waals surface area contributed by atoms with Crippen LogP contribution in [0.5, 0.6) is 0 Å². The van der Waals surface area contributed by atoms with Gasteiger partial charge in [0.2, 0.25) is 0 Å². The first-order chi connectivity index (χ1) is 5.49. The van der Waals surface area contributed by atoms with Gasteiger partial charge in [0.25, 0.3) is 0 Å². The van der Waals surface area contributed by atoms with Gasteiger partial charge in [-0.1, -0.05) is 0 Å². The topological polar surface area (TPSA) is 89.6 Å². The fraction of sp³-hybridized carbons (Fsp3) is 0.667. The molecule has 2 atom stereocenters. The number of thiol groups is 1. The minimum atomic E-state index is -1.32. The Morgan fingerprint density at radius 2 is 2.08 bits per heavy atom. The molecule has 0 aliphatic carbocycles. The molecule has 0 fully saturated rings. The van der Waals surface area contributed by atoms with Crippen molar-refractivity contribution in [2.75, 3.05) is 5.75 Å². The Morgan fingerprint density at radius 3 is 2.38 bits per heavy atom. The second-order valence-electron chi connectivity index (χ2n) is 2.21. The molecule has 13 heavy (non-hydrogen) atoms. The standard InChI is InChI=1S/C6H11NO4S.Na.H/c1-3(8)5(9)11-6(10)4(7)2-12;;/h3-4,8,12H,2,7H2,1H3;;/q;+1;-1/t3?,4-;;/m0../s1. The van der Waals surface area contributed by atoms with Crippen molar-refractivity contribution in [3.8, 4) is 0 Å². The van der Waals surface area contributed by atoms with Crippen molar-refractivity contribution in [3.05, 3.63) is 0 Å². The third-order valence-electron chi connectivity index (χ3n) is 1.04. The summed E-state index contributed by atoms with van der Waals surface area (Å²) < 4.78 is 4.16. The van der Waals surface area contributed by atoms with Gasteiger partial charge in [-0.25, -0.2) is 9.59 Å². The average molecular weight is 217 g/mol. The van der Waals surface area contributed by atoms with Crippen molar-refractivity contribution in [1.29, 1.82) is 0 Å². The van der Waals surface area contributed by atoms with Crippen LogP contribution in [0.15, 0.2) is 0 Å². The molecule has 0 spiro atoms. The van der Waals surface area contributed by atoms with E-state index in [1.165, 1.54) is 6.92 Å². The molecule has 0 aromatic rings. The van der Waals surface area contributed by atoms with Gasteiger partial charge in [-0.15, -0.1) is 0 Å². The summed E-state index contributed by atoms with van der Waals surface area (Å²) in [4.78, 5) is 21.4. The van der Waals surface area contributed by atoms with Crippen LogP contribution in [-0.4, -0.2) is 34.9 Å². The number of nitrogens with two attached hydrogens (primary N) is 1. The second kappa shape index (κ2) is 7.78. The van der Waals surface area contributed by atoms with Gasteiger partial charge in [0.15, 0.2) is 0 Å². The van der Waals surface area contributed by atoms with Crippen LogP contribution in [0.4, 0.5) is 0 Å². The van der Waals surface area contributed by atoms with Gasteiger partial charge in [0.1, 0.15) is 12.1 Å². The van der Waals surface area contributed by atoms with E-state index in [2.05, 4.69) is 17.4 Å². The van der Waals surface area contributed by atoms with Crippen LogP contribution in [0.25, 0.3) is 0 Å². The molecule has 0 aliphatic heterocycles. The Morgan fingerprint density at radius 1 is 1.62 bits per heavy atom. The van der Waals surface area contributed by atoms with Crippen LogP contribution in [0.3, 0.4) is 0 Å². The van der Waals surface area contributed by atoms with E-state index in [1.807, 2.05) is 0 Å². The Bertz CT molecular complexity index is 193. The van der Waals surface area contributed by atoms with E-state index in [0.29, 0.717) is 0 Å². The van der Waals surface area contributed by atoms with E-state index >= 15 is 0 Å². The molecule has 0 heterocycles. The summed E-state index contributed by atoms with van der Waals surface area (Å²) in [5, 5.41) is 8.64. The number of esters is 2. The smallest absolute Gasteiger partial charge is 1.00 e. The quantitative estimate of drug-likeness (QED) is 0.193. The monoisotopic (exact) mass is 217 g/mol. The zero-order valence-electron chi connectivity index (χ0n) is 8.56. The molecule has 0 aromatic heterocycles. The van der Waals surface area contributed by atoms with Crippen LogP contribution < -0.4 is 35.3 Å². The molecule has 0 amide bonds. The molecule has 0 radical (unpaired) electrons. The maximum atomic E-state index is 10.8. The predicted octanol–water partition coefficient (Wildman–Crippen LogP) is -4.19. The molecular weight excluding hydrogens is 205 g/mol. The molecule has 0 aromatic carbocycles. The minimum Gasteiger partial charge on any atom is -1.00 e. The van der Waals surface area contributed by atoms with Gasteiger partial charge >= 0.3 is 41.5 Å². The van der Waals surface area contributed by atoms with Crippen molar-refractivity contribution in [3.63, 3.8) is 0 Å². The minimum absolute atomic E-state index is 0. The number of rotatable bonds is 3. The summed E-state index contributed by atoms with van der Waals surface area (Å²) in [6, 6.07) is -0.934. The summed E-state index contributed by atoms with van der Waals surface area (Å²) in [6.07, 6.45) is -1.32. The average Bonchev–Trinajstić information content (AvgIpc) is 2.02. The van der Waals surface area contributed by atoms with Crippen molar-refractivity contribution in [2.45, 2.75) is 19.1 Å². The van der Waals surface area contributed by atoms with Gasteiger partial charge in [0, 0.05) is 5.75 Å². The number of carbonyl (C=O) groups is 2. The maximum Gasteiger partial charge on any atom is 1.00 e. The van der Waals surface area contributed by atoms with Crippen LogP contribution in [0.2, 0.25) is 0 Å². The van der Waals surface area contributed by atoms with Gasteiger partial charge in [0.05, 0.1) is 0 Å². The van der Waals surface area contributed by atoms with Crippen LogP contribution in [0.1, 0.15) is 8.35 Å². The van der Waals surface area contributed by atoms with E-state index < -0.39 is 24.1 Å². The fourth-order valence-corrected chi connectivity index (χ4v) is 0.484. The molecule has 3 N–H and O–H groups in total. The molecule has 5 nitrogen and oxygen atoms in total. The normalized spacial score (nSPS) is 13.8. The molecule has 7 heteroatoms. The molecule has 0 saturated heterocycles. The Hall–Kier alpha value is 0.410. The number of hydrogen-bond acceptors (Lipinski definition) is 6. The van der Waals surface area contributed by atoms with Gasteiger partial charge in [-0.3, -0.25) is 0 Å². The molecular formula is C6H12NNaO4S. The summed E-state index contributed by atoms with van der Waals surface area (Å²) in [7, 11) is 0. The Labute approximate surface area is 105 Å². The summed E-state index contributed by atoms with van der Waals surface area (Å²) >= 11 is 3.73. The third-order valence-corrected chi connectivity index (χ3v) is 1.44. The van der Waals surface area contributed by atoms with E-state index in [-0.39, 0.29) is 36.7 Å². The summed E-state index contributed by atoms with van der Waals surface area (Å²) in [6.45, 7) is 1.20. The molecule has 0 rings (SSSR count). The van der Waals surface area contributed by atoms with Crippen molar-refractivity contribution < 1.29 is 50.4 Å². The first-order valence-electron chi connectivity index (χ1n) is 3.29. The largest absolute Gasteiger partial charge is 1.00 e. The fourth-order valence-electron chi connectivity index (χ4n) is 0.335. The van der Waals surface area contributed by atoms with Crippen molar-refractivity contribution in [2.24, 2.45) is 5.73 Å². The first kappa shape index (κ1) is 15.9. The second-order valence-corrected chi connectivity index (χ2v) is 2.57. The van der Waals surface area contributed by atoms with Crippen LogP contribution in [0, 0.1) is 0 Å². The molecule has 72 valence electrons. The van der Waals surface area contributed by atoms with Gasteiger partial charge < -0.3 is 17.0 Å². The van der Waals surface area contributed by atoms with Crippen LogP contribution >= 0.6 is 12.6 Å². The first-order valence-corrected chi connectivity index (χ1v) is 3.92. The molecule has 0 aliphatic rings. The third kappa shape index (κ3) is 6.48. The predicted molar refractivity (Wildman–Crippen MR) is 45.7 cm³/mol. The van der Waals surface area contributed by atoms with Crippen molar-refractivity contribution >= 4 is 24.6 Å². The molecule has 0 bridgehead atoms. The van der Waals surface area contributed by atoms with Gasteiger partial charge in [-0.05, 0) is 6.92 Å². The Balaban J connectivity index is -0.000000605. The van der Waals surface area contributed by atoms with E-state index in [1.54, 1.807) is 0 Å². The summed E-state index contributed by atoms with van der Waals surface area (Å²) in [5.74, 6) is -1.79. The summed E-state index contributed by atoms with van der Waals surface area (Å²) in [5.41, 5.74) is 5.18. The number of carbonyl (C=O) groups excluding carboxylic acids is 2. The molecule has 0 saturated carbocycles. The SMILES string of the molecule is CC(O)C(=O)OC(=O)[C@@H](N)CS.[H-].[Na+]. The zero-order valence-corrected chi connectivity index (χ0v) is 10.5. The molecule has 1 unspecified atom stereocenters. The number of ether oxygens (including phenoxy) is 1. The van der Waals surface area contributed by atoms with E-state index in [9.17, 15) is 9.59 Å². The Kier molecular flexibility index (Phi) is 9.49. The number of aliphatic hydroxyl groups is 1. The van der Waals surface area contributed by atoms with Crippen LogP contribution in [-0.2, 0) is 14.3 Å². The number of aliphatic hydroxyl groups excluding tert-OH is 1.